The van der Waals surface area contributed by atoms with Crippen molar-refractivity contribution in [2.75, 3.05) is 0 Å². The first kappa shape index (κ1) is 11.0. The fraction of sp³-hybridized carbons (Fsp3) is 0.0714. The van der Waals surface area contributed by atoms with Gasteiger partial charge in [0.05, 0.1) is 5.56 Å². The quantitative estimate of drug-likeness (QED) is 0.536. The van der Waals surface area contributed by atoms with Crippen molar-refractivity contribution in [3.8, 4) is 0 Å². The number of aromatic nitrogens is 1. The Morgan fingerprint density at radius 2 is 1.50 bits per heavy atom. The maximum absolute atomic E-state index is 12.7. The Balaban J connectivity index is 2.40. The maximum Gasteiger partial charge on any atom is 0.416 e. The van der Waals surface area contributed by atoms with Crippen molar-refractivity contribution in [3.05, 3.63) is 54.4 Å². The van der Waals surface area contributed by atoms with Crippen molar-refractivity contribution in [1.29, 1.82) is 0 Å². The largest absolute Gasteiger partial charge is 0.416 e. The molecule has 2 aromatic carbocycles. The molecule has 0 saturated heterocycles. The molecule has 0 N–H and O–H groups in total. The second-order valence-electron chi connectivity index (χ2n) is 4.10. The molecule has 0 saturated carbocycles. The smallest absolute Gasteiger partial charge is 0.264 e. The summed E-state index contributed by atoms with van der Waals surface area (Å²) in [5, 5.41) is 2.98. The summed E-state index contributed by atoms with van der Waals surface area (Å²) in [5.74, 6) is 0. The average Bonchev–Trinajstić information content (AvgIpc) is 2.37. The molecule has 0 unspecified atom stereocenters. The van der Waals surface area contributed by atoms with E-state index in [0.717, 1.165) is 22.2 Å². The number of benzene rings is 2. The molecule has 1 aromatic heterocycles. The lowest BCUT2D eigenvalue weighted by Crippen LogP contribution is -2.04. The molecule has 0 atom stereocenters. The molecule has 0 bridgehead atoms. The Morgan fingerprint density at radius 1 is 0.833 bits per heavy atom. The Kier molecular flexibility index (Phi) is 2.26. The molecular weight excluding hydrogens is 239 g/mol. The van der Waals surface area contributed by atoms with E-state index in [1.807, 2.05) is 12.1 Å². The first-order valence-corrected chi connectivity index (χ1v) is 5.39. The molecule has 0 aliphatic heterocycles. The van der Waals surface area contributed by atoms with Gasteiger partial charge in [0.1, 0.15) is 0 Å². The highest BCUT2D eigenvalue weighted by Gasteiger charge is 2.30. The SMILES string of the molecule is FC(F)(F)c1ccc2ccc3ccncc3c2c1. The molecule has 0 amide bonds. The molecule has 0 radical (unpaired) electrons. The van der Waals surface area contributed by atoms with Crippen LogP contribution in [-0.4, -0.2) is 4.98 Å². The lowest BCUT2D eigenvalue weighted by molar-refractivity contribution is -0.137. The minimum Gasteiger partial charge on any atom is -0.264 e. The van der Waals surface area contributed by atoms with Gasteiger partial charge in [-0.15, -0.1) is 0 Å². The van der Waals surface area contributed by atoms with Crippen LogP contribution in [0.5, 0.6) is 0 Å². The summed E-state index contributed by atoms with van der Waals surface area (Å²) < 4.78 is 38.1. The molecule has 3 aromatic rings. The van der Waals surface area contributed by atoms with E-state index in [2.05, 4.69) is 4.98 Å². The standard InChI is InChI=1S/C14H8F3N/c15-14(16,17)11-4-3-9-1-2-10-5-6-18-8-13(10)12(9)7-11/h1-8H. The van der Waals surface area contributed by atoms with Crippen molar-refractivity contribution in [1.82, 2.24) is 4.98 Å². The normalized spacial score (nSPS) is 12.2. The summed E-state index contributed by atoms with van der Waals surface area (Å²) in [7, 11) is 0. The van der Waals surface area contributed by atoms with Crippen LogP contribution in [0.2, 0.25) is 0 Å². The number of hydrogen-bond donors (Lipinski definition) is 0. The van der Waals surface area contributed by atoms with E-state index < -0.39 is 11.7 Å². The van der Waals surface area contributed by atoms with Crippen molar-refractivity contribution < 1.29 is 13.2 Å². The summed E-state index contributed by atoms with van der Waals surface area (Å²) in [6.07, 6.45) is -1.10. The summed E-state index contributed by atoms with van der Waals surface area (Å²) in [6, 6.07) is 9.26. The highest BCUT2D eigenvalue weighted by Crippen LogP contribution is 2.33. The van der Waals surface area contributed by atoms with E-state index in [4.69, 9.17) is 0 Å². The van der Waals surface area contributed by atoms with Crippen LogP contribution >= 0.6 is 0 Å². The van der Waals surface area contributed by atoms with Crippen LogP contribution in [0, 0.1) is 0 Å². The minimum absolute atomic E-state index is 0.579. The van der Waals surface area contributed by atoms with Crippen LogP contribution in [0.1, 0.15) is 5.56 Å². The predicted octanol–water partition coefficient (Wildman–Crippen LogP) is 4.41. The number of halogens is 3. The third-order valence-corrected chi connectivity index (χ3v) is 2.97. The van der Waals surface area contributed by atoms with Crippen LogP contribution in [0.3, 0.4) is 0 Å². The fourth-order valence-corrected chi connectivity index (χ4v) is 2.07. The van der Waals surface area contributed by atoms with Gasteiger partial charge in [0, 0.05) is 17.8 Å². The zero-order chi connectivity index (χ0) is 12.8. The van der Waals surface area contributed by atoms with Gasteiger partial charge in [-0.2, -0.15) is 13.2 Å². The maximum atomic E-state index is 12.7. The van der Waals surface area contributed by atoms with Crippen molar-refractivity contribution in [2.24, 2.45) is 0 Å². The van der Waals surface area contributed by atoms with E-state index in [-0.39, 0.29) is 0 Å². The van der Waals surface area contributed by atoms with Crippen molar-refractivity contribution in [3.63, 3.8) is 0 Å². The molecule has 1 heterocycles. The lowest BCUT2D eigenvalue weighted by atomic mass is 10.0. The number of pyridine rings is 1. The number of rotatable bonds is 0. The monoisotopic (exact) mass is 247 g/mol. The van der Waals surface area contributed by atoms with Crippen molar-refractivity contribution in [2.45, 2.75) is 6.18 Å². The molecule has 0 fully saturated rings. The first-order chi connectivity index (χ1) is 8.55. The number of hydrogen-bond acceptors (Lipinski definition) is 1. The van der Waals surface area contributed by atoms with Gasteiger partial charge in [0.25, 0.3) is 0 Å². The second kappa shape index (κ2) is 3.70. The molecule has 0 spiro atoms. The molecule has 18 heavy (non-hydrogen) atoms. The molecule has 90 valence electrons. The third-order valence-electron chi connectivity index (χ3n) is 2.97. The molecule has 1 nitrogen and oxygen atoms in total. The number of alkyl halides is 3. The van der Waals surface area contributed by atoms with Gasteiger partial charge in [-0.25, -0.2) is 0 Å². The predicted molar refractivity (Wildman–Crippen MR) is 64.3 cm³/mol. The summed E-state index contributed by atoms with van der Waals surface area (Å²) in [4.78, 5) is 3.97. The van der Waals surface area contributed by atoms with E-state index in [0.29, 0.717) is 5.39 Å². The number of nitrogens with zero attached hydrogens (tertiary/aromatic N) is 1. The second-order valence-corrected chi connectivity index (χ2v) is 4.10. The highest BCUT2D eigenvalue weighted by atomic mass is 19.4. The van der Waals surface area contributed by atoms with Gasteiger partial charge >= 0.3 is 6.18 Å². The minimum atomic E-state index is -4.32. The van der Waals surface area contributed by atoms with Crippen LogP contribution in [0.15, 0.2) is 48.8 Å². The van der Waals surface area contributed by atoms with Gasteiger partial charge < -0.3 is 0 Å². The third kappa shape index (κ3) is 1.70. The van der Waals surface area contributed by atoms with E-state index in [9.17, 15) is 13.2 Å². The summed E-state index contributed by atoms with van der Waals surface area (Å²) in [6.45, 7) is 0. The highest BCUT2D eigenvalue weighted by molar-refractivity contribution is 6.07. The van der Waals surface area contributed by atoms with Gasteiger partial charge in [-0.1, -0.05) is 18.2 Å². The summed E-state index contributed by atoms with van der Waals surface area (Å²) in [5.41, 5.74) is -0.633. The van der Waals surface area contributed by atoms with Gasteiger partial charge in [-0.3, -0.25) is 4.98 Å². The van der Waals surface area contributed by atoms with E-state index >= 15 is 0 Å². The zero-order valence-corrected chi connectivity index (χ0v) is 9.20. The van der Waals surface area contributed by atoms with E-state index in [1.165, 1.54) is 12.1 Å². The Labute approximate surface area is 101 Å². The topological polar surface area (TPSA) is 12.9 Å². The molecule has 4 heteroatoms. The molecule has 0 aliphatic carbocycles. The molecular formula is C14H8F3N. The Morgan fingerprint density at radius 3 is 2.22 bits per heavy atom. The van der Waals surface area contributed by atoms with Crippen LogP contribution < -0.4 is 0 Å². The van der Waals surface area contributed by atoms with Gasteiger partial charge in [-0.05, 0) is 34.4 Å². The Hall–Kier alpha value is -2.10. The van der Waals surface area contributed by atoms with E-state index in [1.54, 1.807) is 18.5 Å². The van der Waals surface area contributed by atoms with Gasteiger partial charge in [0.2, 0.25) is 0 Å². The molecule has 0 aliphatic rings. The lowest BCUT2D eigenvalue weighted by Gasteiger charge is -2.09. The first-order valence-electron chi connectivity index (χ1n) is 5.39. The van der Waals surface area contributed by atoms with Crippen LogP contribution in [-0.2, 0) is 6.18 Å². The molecule has 3 rings (SSSR count). The van der Waals surface area contributed by atoms with Crippen molar-refractivity contribution >= 4 is 21.5 Å². The van der Waals surface area contributed by atoms with Gasteiger partial charge in [0.15, 0.2) is 0 Å². The van der Waals surface area contributed by atoms with Crippen LogP contribution in [0.25, 0.3) is 21.5 Å². The number of fused-ring (bicyclic) bond motifs is 3. The zero-order valence-electron chi connectivity index (χ0n) is 9.20. The average molecular weight is 247 g/mol. The summed E-state index contributed by atoms with van der Waals surface area (Å²) >= 11 is 0. The van der Waals surface area contributed by atoms with Crippen LogP contribution in [0.4, 0.5) is 13.2 Å². The fourth-order valence-electron chi connectivity index (χ4n) is 2.07. The Bertz CT molecular complexity index is 732.